The molecule has 0 radical (unpaired) electrons. The van der Waals surface area contributed by atoms with Crippen LogP contribution in [0.15, 0.2) is 22.8 Å². The van der Waals surface area contributed by atoms with Gasteiger partial charge < -0.3 is 14.6 Å². The van der Waals surface area contributed by atoms with Gasteiger partial charge in [0.25, 0.3) is 0 Å². The lowest BCUT2D eigenvalue weighted by Gasteiger charge is -2.70. The summed E-state index contributed by atoms with van der Waals surface area (Å²) in [7, 11) is 0. The van der Waals surface area contributed by atoms with Crippen molar-refractivity contribution in [3.8, 4) is 0 Å². The average Bonchev–Trinajstić information content (AvgIpc) is 2.83. The Bertz CT molecular complexity index is 1190. The molecule has 40 heavy (non-hydrogen) atoms. The minimum absolute atomic E-state index is 0.0356. The van der Waals surface area contributed by atoms with Crippen molar-refractivity contribution in [1.82, 2.24) is 0 Å². The minimum Gasteiger partial charge on any atom is -0.481 e. The molecule has 5 aliphatic rings. The number of rotatable bonds is 3. The maximum absolute atomic E-state index is 12.9. The molecule has 2 unspecified atom stereocenters. The molecule has 6 heteroatoms. The molecule has 0 aromatic rings. The molecule has 0 aliphatic heterocycles. The van der Waals surface area contributed by atoms with Crippen LogP contribution in [0.25, 0.3) is 0 Å². The summed E-state index contributed by atoms with van der Waals surface area (Å²) in [5.74, 6) is -0.317. The third-order valence-electron chi connectivity index (χ3n) is 13.3. The Labute approximate surface area is 240 Å². The van der Waals surface area contributed by atoms with Crippen LogP contribution in [0.2, 0.25) is 0 Å². The van der Waals surface area contributed by atoms with Crippen LogP contribution in [0, 0.1) is 44.8 Å². The number of hydrogen-bond donors (Lipinski definition) is 1. The molecule has 5 rings (SSSR count). The smallest absolute Gasteiger partial charge is 0.314 e. The first-order valence-corrected chi connectivity index (χ1v) is 15.5. The predicted molar refractivity (Wildman–Crippen MR) is 153 cm³/mol. The number of allylic oxidation sites excluding steroid dienone is 3. The van der Waals surface area contributed by atoms with Crippen molar-refractivity contribution in [2.45, 2.75) is 126 Å². The van der Waals surface area contributed by atoms with Gasteiger partial charge in [-0.15, -0.1) is 0 Å². The number of esters is 2. The van der Waals surface area contributed by atoms with E-state index in [1.165, 1.54) is 25.0 Å². The lowest BCUT2D eigenvalue weighted by molar-refractivity contribution is -0.241. The molecule has 3 saturated carbocycles. The zero-order valence-corrected chi connectivity index (χ0v) is 26.1. The van der Waals surface area contributed by atoms with Crippen LogP contribution in [-0.4, -0.2) is 35.2 Å². The second-order valence-electron chi connectivity index (χ2n) is 15.3. The van der Waals surface area contributed by atoms with Gasteiger partial charge in [-0.2, -0.15) is 0 Å². The van der Waals surface area contributed by atoms with Gasteiger partial charge in [-0.25, -0.2) is 0 Å². The Morgan fingerprint density at radius 1 is 0.900 bits per heavy atom. The molecule has 6 nitrogen and oxygen atoms in total. The first kappa shape index (κ1) is 29.4. The summed E-state index contributed by atoms with van der Waals surface area (Å²) >= 11 is 0. The summed E-state index contributed by atoms with van der Waals surface area (Å²) < 4.78 is 11.8. The van der Waals surface area contributed by atoms with Crippen LogP contribution in [0.1, 0.15) is 114 Å². The number of carboxylic acid groups (broad SMARTS) is 1. The number of aliphatic carboxylic acids is 1. The Balaban J connectivity index is 1.63. The largest absolute Gasteiger partial charge is 0.481 e. The van der Waals surface area contributed by atoms with Crippen molar-refractivity contribution in [1.29, 1.82) is 0 Å². The van der Waals surface area contributed by atoms with Gasteiger partial charge in [0.15, 0.2) is 0 Å². The second-order valence-corrected chi connectivity index (χ2v) is 15.3. The molecule has 1 N–H and O–H groups in total. The summed E-state index contributed by atoms with van der Waals surface area (Å²) in [5, 5.41) is 10.6. The molecule has 0 saturated heterocycles. The standard InChI is InChI=1S/C34H50O6/c1-19-12-15-34(29(37)38)17-16-32(8)23(27(34)20(19)2)10-11-26-31(7)18-24(39-21(3)35)28(40-22(4)36)30(5,6)25(31)13-14-33(26,32)9/h10,19,24-26,28H,11-18H2,1-9H3,(H,37,38)/t19-,24?,25+,26-,28?,31+,32-,33-,34+/m1/s1. The summed E-state index contributed by atoms with van der Waals surface area (Å²) in [6.45, 7) is 18.9. The van der Waals surface area contributed by atoms with E-state index in [0.717, 1.165) is 44.1 Å². The Morgan fingerprint density at radius 2 is 1.55 bits per heavy atom. The van der Waals surface area contributed by atoms with Crippen molar-refractivity contribution >= 4 is 17.9 Å². The zero-order valence-electron chi connectivity index (χ0n) is 26.1. The fourth-order valence-corrected chi connectivity index (χ4v) is 11.1. The summed E-state index contributed by atoms with van der Waals surface area (Å²) in [6, 6.07) is 0. The van der Waals surface area contributed by atoms with Crippen molar-refractivity contribution in [3.63, 3.8) is 0 Å². The van der Waals surface area contributed by atoms with E-state index < -0.39 is 23.6 Å². The van der Waals surface area contributed by atoms with Gasteiger partial charge in [0, 0.05) is 19.3 Å². The van der Waals surface area contributed by atoms with Crippen LogP contribution in [0.3, 0.4) is 0 Å². The van der Waals surface area contributed by atoms with Gasteiger partial charge in [0.1, 0.15) is 12.2 Å². The van der Waals surface area contributed by atoms with Gasteiger partial charge in [-0.05, 0) is 103 Å². The first-order chi connectivity index (χ1) is 18.5. The van der Waals surface area contributed by atoms with E-state index in [-0.39, 0.29) is 33.6 Å². The molecule has 0 bridgehead atoms. The summed E-state index contributed by atoms with van der Waals surface area (Å²) in [6.07, 6.45) is 8.25. The normalized spacial score (nSPS) is 45.6. The van der Waals surface area contributed by atoms with Crippen molar-refractivity contribution in [2.75, 3.05) is 0 Å². The van der Waals surface area contributed by atoms with E-state index in [2.05, 4.69) is 54.5 Å². The highest BCUT2D eigenvalue weighted by molar-refractivity contribution is 5.82. The lowest BCUT2D eigenvalue weighted by Crippen LogP contribution is -2.67. The van der Waals surface area contributed by atoms with Gasteiger partial charge in [-0.1, -0.05) is 53.2 Å². The third kappa shape index (κ3) is 3.75. The number of hydrogen-bond acceptors (Lipinski definition) is 5. The molecule has 0 aromatic heterocycles. The number of ether oxygens (including phenoxy) is 2. The molecular formula is C34H50O6. The molecule has 3 fully saturated rings. The number of carboxylic acids is 1. The SMILES string of the molecule is CC(=O)OC1C[C@]2(C)[C@H]3CC=C4C5=C(C)[C@H](C)CC[C@]5(C(=O)O)CC[C@@]4(C)[C@]3(C)CC[C@H]2C(C)(C)C1OC(C)=O. The van der Waals surface area contributed by atoms with Crippen molar-refractivity contribution in [2.24, 2.45) is 44.8 Å². The molecule has 0 aromatic carbocycles. The van der Waals surface area contributed by atoms with Crippen LogP contribution < -0.4 is 0 Å². The second kappa shape index (κ2) is 9.19. The lowest BCUT2D eigenvalue weighted by atomic mass is 9.34. The molecule has 0 amide bonds. The molecule has 9 atom stereocenters. The van der Waals surface area contributed by atoms with Crippen molar-refractivity contribution in [3.05, 3.63) is 22.8 Å². The first-order valence-electron chi connectivity index (χ1n) is 15.5. The predicted octanol–water partition coefficient (Wildman–Crippen LogP) is 7.27. The highest BCUT2D eigenvalue weighted by Crippen LogP contribution is 2.75. The molecule has 5 aliphatic carbocycles. The van der Waals surface area contributed by atoms with E-state index in [1.807, 2.05) is 0 Å². The van der Waals surface area contributed by atoms with Crippen LogP contribution in [0.5, 0.6) is 0 Å². The van der Waals surface area contributed by atoms with Crippen LogP contribution in [0.4, 0.5) is 0 Å². The van der Waals surface area contributed by atoms with E-state index in [4.69, 9.17) is 9.47 Å². The molecule has 0 spiro atoms. The number of fused-ring (bicyclic) bond motifs is 7. The molecule has 222 valence electrons. The number of carbonyl (C=O) groups excluding carboxylic acids is 2. The van der Waals surface area contributed by atoms with Crippen LogP contribution in [-0.2, 0) is 23.9 Å². The third-order valence-corrected chi connectivity index (χ3v) is 13.3. The maximum atomic E-state index is 12.9. The minimum atomic E-state index is -0.767. The Hall–Kier alpha value is -2.11. The van der Waals surface area contributed by atoms with E-state index in [9.17, 15) is 19.5 Å². The van der Waals surface area contributed by atoms with E-state index in [1.54, 1.807) is 0 Å². The maximum Gasteiger partial charge on any atom is 0.314 e. The van der Waals surface area contributed by atoms with Gasteiger partial charge in [0.05, 0.1) is 5.41 Å². The fourth-order valence-electron chi connectivity index (χ4n) is 11.1. The van der Waals surface area contributed by atoms with E-state index >= 15 is 0 Å². The fraction of sp³-hybridized carbons (Fsp3) is 0.794. The zero-order chi connectivity index (χ0) is 29.6. The summed E-state index contributed by atoms with van der Waals surface area (Å²) in [5.41, 5.74) is 2.27. The number of carbonyl (C=O) groups is 3. The van der Waals surface area contributed by atoms with Gasteiger partial charge in [-0.3, -0.25) is 14.4 Å². The average molecular weight is 555 g/mol. The van der Waals surface area contributed by atoms with E-state index in [0.29, 0.717) is 30.6 Å². The van der Waals surface area contributed by atoms with Gasteiger partial charge in [0.2, 0.25) is 0 Å². The summed E-state index contributed by atoms with van der Waals surface area (Å²) in [4.78, 5) is 37.3. The van der Waals surface area contributed by atoms with Crippen LogP contribution >= 0.6 is 0 Å². The topological polar surface area (TPSA) is 89.9 Å². The highest BCUT2D eigenvalue weighted by atomic mass is 16.6. The van der Waals surface area contributed by atoms with Crippen molar-refractivity contribution < 1.29 is 29.0 Å². The quantitative estimate of drug-likeness (QED) is 0.369. The monoisotopic (exact) mass is 554 g/mol. The molecular weight excluding hydrogens is 504 g/mol. The Morgan fingerprint density at radius 3 is 2.15 bits per heavy atom. The Kier molecular flexibility index (Phi) is 6.75. The molecule has 0 heterocycles. The van der Waals surface area contributed by atoms with Gasteiger partial charge >= 0.3 is 17.9 Å². The highest BCUT2D eigenvalue weighted by Gasteiger charge is 2.70.